The van der Waals surface area contributed by atoms with Crippen LogP contribution in [0.2, 0.25) is 0 Å². The molecule has 22 heavy (non-hydrogen) atoms. The second-order valence-corrected chi connectivity index (χ2v) is 5.24. The van der Waals surface area contributed by atoms with Crippen molar-refractivity contribution in [1.82, 2.24) is 4.57 Å². The third-order valence-electron chi connectivity index (χ3n) is 3.41. The van der Waals surface area contributed by atoms with Crippen molar-refractivity contribution in [3.05, 3.63) is 39.7 Å². The van der Waals surface area contributed by atoms with Crippen LogP contribution < -0.4 is 16.1 Å². The number of primary amides is 1. The number of pyridine rings is 1. The molecule has 2 aromatic rings. The second kappa shape index (κ2) is 5.75. The first-order chi connectivity index (χ1) is 10.3. The molecule has 0 saturated carbocycles. The van der Waals surface area contributed by atoms with Gasteiger partial charge >= 0.3 is 0 Å². The molecule has 0 fully saturated rings. The maximum Gasteiger partial charge on any atom is 0.254 e. The van der Waals surface area contributed by atoms with Crippen molar-refractivity contribution in [2.24, 2.45) is 5.73 Å². The SMILES string of the molecule is CCCn1cc(C(N)=O)c(=O)c2cc(F)c(N(C)C)c(F)c21. The first kappa shape index (κ1) is 15.9. The molecule has 0 saturated heterocycles. The molecule has 1 amide bonds. The highest BCUT2D eigenvalue weighted by molar-refractivity contribution is 5.97. The van der Waals surface area contributed by atoms with E-state index in [4.69, 9.17) is 5.73 Å². The van der Waals surface area contributed by atoms with E-state index >= 15 is 0 Å². The quantitative estimate of drug-likeness (QED) is 0.937. The van der Waals surface area contributed by atoms with Crippen LogP contribution in [0.4, 0.5) is 14.5 Å². The fraction of sp³-hybridized carbons (Fsp3) is 0.333. The summed E-state index contributed by atoms with van der Waals surface area (Å²) in [5, 5.41) is -0.189. The van der Waals surface area contributed by atoms with Crippen molar-refractivity contribution in [2.75, 3.05) is 19.0 Å². The van der Waals surface area contributed by atoms with E-state index in [1.54, 1.807) is 0 Å². The minimum atomic E-state index is -0.922. The average Bonchev–Trinajstić information content (AvgIpc) is 2.41. The molecule has 2 N–H and O–H groups in total. The van der Waals surface area contributed by atoms with E-state index in [1.807, 2.05) is 6.92 Å². The monoisotopic (exact) mass is 309 g/mol. The van der Waals surface area contributed by atoms with Gasteiger partial charge in [-0.15, -0.1) is 0 Å². The number of hydrogen-bond donors (Lipinski definition) is 1. The van der Waals surface area contributed by atoms with Crippen LogP contribution in [0.15, 0.2) is 17.1 Å². The highest BCUT2D eigenvalue weighted by atomic mass is 19.1. The number of fused-ring (bicyclic) bond motifs is 1. The Morgan fingerprint density at radius 3 is 2.50 bits per heavy atom. The lowest BCUT2D eigenvalue weighted by molar-refractivity contribution is 0.0998. The highest BCUT2D eigenvalue weighted by Gasteiger charge is 2.22. The van der Waals surface area contributed by atoms with E-state index < -0.39 is 23.0 Å². The fourth-order valence-corrected chi connectivity index (χ4v) is 2.48. The topological polar surface area (TPSA) is 68.3 Å². The van der Waals surface area contributed by atoms with Crippen molar-refractivity contribution in [1.29, 1.82) is 0 Å². The number of carbonyl (C=O) groups excluding carboxylic acids is 1. The summed E-state index contributed by atoms with van der Waals surface area (Å²) in [5.74, 6) is -2.62. The van der Waals surface area contributed by atoms with Gasteiger partial charge in [0.1, 0.15) is 17.1 Å². The molecule has 0 aliphatic carbocycles. The van der Waals surface area contributed by atoms with Crippen molar-refractivity contribution < 1.29 is 13.6 Å². The minimum Gasteiger partial charge on any atom is -0.373 e. The average molecular weight is 309 g/mol. The molecule has 0 bridgehead atoms. The zero-order chi connectivity index (χ0) is 16.6. The summed E-state index contributed by atoms with van der Waals surface area (Å²) in [6.45, 7) is 2.23. The van der Waals surface area contributed by atoms with E-state index in [2.05, 4.69) is 0 Å². The number of aryl methyl sites for hydroxylation is 1. The Morgan fingerprint density at radius 1 is 1.36 bits per heavy atom. The number of hydrogen-bond acceptors (Lipinski definition) is 3. The van der Waals surface area contributed by atoms with Gasteiger partial charge in [-0.1, -0.05) is 6.92 Å². The Morgan fingerprint density at radius 2 is 2.00 bits per heavy atom. The number of benzene rings is 1. The summed E-state index contributed by atoms with van der Waals surface area (Å²) in [6, 6.07) is 0.953. The van der Waals surface area contributed by atoms with E-state index in [0.717, 1.165) is 6.07 Å². The lowest BCUT2D eigenvalue weighted by Crippen LogP contribution is -2.25. The molecule has 1 heterocycles. The summed E-state index contributed by atoms with van der Waals surface area (Å²) >= 11 is 0. The van der Waals surface area contributed by atoms with Gasteiger partial charge in [-0.2, -0.15) is 0 Å². The first-order valence-electron chi connectivity index (χ1n) is 6.81. The molecule has 2 rings (SSSR count). The number of anilines is 1. The number of amides is 1. The summed E-state index contributed by atoms with van der Waals surface area (Å²) in [4.78, 5) is 24.9. The van der Waals surface area contributed by atoms with Crippen molar-refractivity contribution in [3.63, 3.8) is 0 Å². The Labute approximate surface area is 125 Å². The van der Waals surface area contributed by atoms with Crippen LogP contribution in [0.25, 0.3) is 10.9 Å². The van der Waals surface area contributed by atoms with Crippen LogP contribution in [0, 0.1) is 11.6 Å². The third kappa shape index (κ3) is 2.43. The molecule has 0 aliphatic heterocycles. The molecule has 1 aromatic heterocycles. The molecule has 0 unspecified atom stereocenters. The maximum absolute atomic E-state index is 14.7. The highest BCUT2D eigenvalue weighted by Crippen LogP contribution is 2.28. The number of halogens is 2. The van der Waals surface area contributed by atoms with Gasteiger partial charge in [-0.3, -0.25) is 9.59 Å². The molecule has 7 heteroatoms. The van der Waals surface area contributed by atoms with Crippen molar-refractivity contribution >= 4 is 22.5 Å². The van der Waals surface area contributed by atoms with E-state index in [9.17, 15) is 18.4 Å². The van der Waals surface area contributed by atoms with Crippen LogP contribution in [-0.2, 0) is 6.54 Å². The van der Waals surface area contributed by atoms with E-state index in [1.165, 1.54) is 29.8 Å². The number of carbonyl (C=O) groups is 1. The molecular weight excluding hydrogens is 292 g/mol. The zero-order valence-corrected chi connectivity index (χ0v) is 12.6. The van der Waals surface area contributed by atoms with Crippen LogP contribution in [-0.4, -0.2) is 24.6 Å². The second-order valence-electron chi connectivity index (χ2n) is 5.24. The standard InChI is InChI=1S/C15H17F2N3O2/c1-4-5-20-7-9(15(18)22)14(21)8-6-10(16)13(19(2)3)11(17)12(8)20/h6-7H,4-5H2,1-3H3,(H2,18,22). The van der Waals surface area contributed by atoms with Crippen molar-refractivity contribution in [3.8, 4) is 0 Å². The first-order valence-corrected chi connectivity index (χ1v) is 6.81. The largest absolute Gasteiger partial charge is 0.373 e. The van der Waals surface area contributed by atoms with Crippen LogP contribution >= 0.6 is 0 Å². The van der Waals surface area contributed by atoms with Gasteiger partial charge < -0.3 is 15.2 Å². The molecule has 0 spiro atoms. The summed E-state index contributed by atoms with van der Waals surface area (Å²) in [5.41, 5.74) is 3.87. The number of aromatic nitrogens is 1. The maximum atomic E-state index is 14.7. The van der Waals surface area contributed by atoms with Gasteiger partial charge in [-0.05, 0) is 12.5 Å². The lowest BCUT2D eigenvalue weighted by Gasteiger charge is -2.19. The van der Waals surface area contributed by atoms with E-state index in [0.29, 0.717) is 13.0 Å². The minimum absolute atomic E-state index is 0.0260. The van der Waals surface area contributed by atoms with E-state index in [-0.39, 0.29) is 22.2 Å². The van der Waals surface area contributed by atoms with Gasteiger partial charge in [0.2, 0.25) is 5.43 Å². The van der Waals surface area contributed by atoms with Crippen LogP contribution in [0.1, 0.15) is 23.7 Å². The third-order valence-corrected chi connectivity index (χ3v) is 3.41. The Bertz CT molecular complexity index is 813. The molecule has 1 aromatic carbocycles. The van der Waals surface area contributed by atoms with Crippen LogP contribution in [0.5, 0.6) is 0 Å². The molecule has 5 nitrogen and oxygen atoms in total. The normalized spacial score (nSPS) is 11.0. The van der Waals surface area contributed by atoms with Gasteiger partial charge in [0.25, 0.3) is 5.91 Å². The predicted octanol–water partition coefficient (Wildman–Crippen LogP) is 1.85. The molecule has 118 valence electrons. The van der Waals surface area contributed by atoms with Gasteiger partial charge in [0.05, 0.1) is 10.9 Å². The number of rotatable bonds is 4. The van der Waals surface area contributed by atoms with Crippen LogP contribution in [0.3, 0.4) is 0 Å². The Balaban J connectivity index is 3.02. The number of nitrogens with two attached hydrogens (primary N) is 1. The Hall–Kier alpha value is -2.44. The summed E-state index contributed by atoms with van der Waals surface area (Å²) in [7, 11) is 3.01. The van der Waals surface area contributed by atoms with Crippen molar-refractivity contribution in [2.45, 2.75) is 19.9 Å². The van der Waals surface area contributed by atoms with Gasteiger partial charge in [-0.25, -0.2) is 8.78 Å². The Kier molecular flexibility index (Phi) is 4.16. The van der Waals surface area contributed by atoms with Gasteiger partial charge in [0, 0.05) is 26.8 Å². The zero-order valence-electron chi connectivity index (χ0n) is 12.6. The lowest BCUT2D eigenvalue weighted by atomic mass is 10.1. The molecule has 0 radical (unpaired) electrons. The summed E-state index contributed by atoms with van der Waals surface area (Å²) in [6.07, 6.45) is 1.88. The summed E-state index contributed by atoms with van der Waals surface area (Å²) < 4.78 is 30.3. The predicted molar refractivity (Wildman–Crippen MR) is 81.3 cm³/mol. The number of nitrogens with zero attached hydrogens (tertiary/aromatic N) is 2. The smallest absolute Gasteiger partial charge is 0.254 e. The molecule has 0 atom stereocenters. The molecular formula is C15H17F2N3O2. The molecule has 0 aliphatic rings. The fourth-order valence-electron chi connectivity index (χ4n) is 2.48. The van der Waals surface area contributed by atoms with Gasteiger partial charge in [0.15, 0.2) is 5.82 Å².